The zero-order valence-corrected chi connectivity index (χ0v) is 13.5. The van der Waals surface area contributed by atoms with Crippen LogP contribution in [0.25, 0.3) is 0 Å². The Balaban J connectivity index is 2.31. The lowest BCUT2D eigenvalue weighted by Gasteiger charge is -2.11. The second kappa shape index (κ2) is 8.39. The molecule has 0 saturated heterocycles. The monoisotopic (exact) mass is 318 g/mol. The molecule has 0 bridgehead atoms. The van der Waals surface area contributed by atoms with Gasteiger partial charge in [-0.25, -0.2) is 13.1 Å². The van der Waals surface area contributed by atoms with Crippen LogP contribution in [0.5, 0.6) is 5.75 Å². The molecule has 0 aliphatic heterocycles. The molecule has 0 aliphatic carbocycles. The van der Waals surface area contributed by atoms with Gasteiger partial charge in [0.25, 0.3) is 0 Å². The minimum atomic E-state index is -3.29. The predicted octanol–water partition coefficient (Wildman–Crippen LogP) is 1.71. The van der Waals surface area contributed by atoms with Crippen LogP contribution < -0.4 is 15.2 Å². The SMILES string of the molecule is CSC(C)CCNS(=O)(=O)CCOc1ccccc1N. The summed E-state index contributed by atoms with van der Waals surface area (Å²) in [6, 6.07) is 7.02. The maximum atomic E-state index is 11.7. The van der Waals surface area contributed by atoms with Gasteiger partial charge in [0.2, 0.25) is 10.0 Å². The minimum Gasteiger partial charge on any atom is -0.490 e. The van der Waals surface area contributed by atoms with Gasteiger partial charge in [-0.15, -0.1) is 0 Å². The van der Waals surface area contributed by atoms with Gasteiger partial charge in [-0.1, -0.05) is 19.1 Å². The van der Waals surface area contributed by atoms with Crippen molar-refractivity contribution in [3.05, 3.63) is 24.3 Å². The maximum Gasteiger partial charge on any atom is 0.214 e. The van der Waals surface area contributed by atoms with Crippen molar-refractivity contribution in [2.75, 3.05) is 30.9 Å². The average Bonchev–Trinajstić information content (AvgIpc) is 2.40. The van der Waals surface area contributed by atoms with E-state index in [-0.39, 0.29) is 12.4 Å². The van der Waals surface area contributed by atoms with Gasteiger partial charge in [0, 0.05) is 11.8 Å². The van der Waals surface area contributed by atoms with Crippen molar-refractivity contribution in [3.8, 4) is 5.75 Å². The molecule has 0 radical (unpaired) electrons. The number of sulfonamides is 1. The number of rotatable bonds is 9. The molecule has 0 spiro atoms. The van der Waals surface area contributed by atoms with Crippen LogP contribution in [0.1, 0.15) is 13.3 Å². The van der Waals surface area contributed by atoms with Crippen molar-refractivity contribution >= 4 is 27.5 Å². The Morgan fingerprint density at radius 3 is 2.75 bits per heavy atom. The lowest BCUT2D eigenvalue weighted by Crippen LogP contribution is -2.30. The van der Waals surface area contributed by atoms with Gasteiger partial charge in [0.15, 0.2) is 0 Å². The summed E-state index contributed by atoms with van der Waals surface area (Å²) in [5.41, 5.74) is 6.21. The van der Waals surface area contributed by atoms with Crippen LogP contribution in [0.2, 0.25) is 0 Å². The molecule has 20 heavy (non-hydrogen) atoms. The first kappa shape index (κ1) is 17.1. The zero-order chi connectivity index (χ0) is 15.0. The maximum absolute atomic E-state index is 11.7. The van der Waals surface area contributed by atoms with Crippen LogP contribution in [0.4, 0.5) is 5.69 Å². The molecule has 0 heterocycles. The number of thioether (sulfide) groups is 1. The van der Waals surface area contributed by atoms with E-state index in [2.05, 4.69) is 11.6 Å². The Labute approximate surface area is 125 Å². The third-order valence-corrected chi connectivity index (χ3v) is 5.19. The number of hydrogen-bond acceptors (Lipinski definition) is 5. The van der Waals surface area contributed by atoms with Gasteiger partial charge in [0.05, 0.1) is 11.4 Å². The molecule has 1 aromatic rings. The van der Waals surface area contributed by atoms with E-state index in [1.165, 1.54) is 0 Å². The lowest BCUT2D eigenvalue weighted by molar-refractivity contribution is 0.342. The highest BCUT2D eigenvalue weighted by molar-refractivity contribution is 7.99. The Hall–Kier alpha value is -0.920. The molecule has 114 valence electrons. The molecule has 1 aromatic carbocycles. The van der Waals surface area contributed by atoms with Gasteiger partial charge in [-0.3, -0.25) is 0 Å². The van der Waals surface area contributed by atoms with Gasteiger partial charge in [-0.2, -0.15) is 11.8 Å². The third-order valence-electron chi connectivity index (χ3n) is 2.80. The highest BCUT2D eigenvalue weighted by Crippen LogP contribution is 2.19. The van der Waals surface area contributed by atoms with Crippen LogP contribution in [0.15, 0.2) is 24.3 Å². The fourth-order valence-corrected chi connectivity index (χ4v) is 2.71. The molecular weight excluding hydrogens is 296 g/mol. The quantitative estimate of drug-likeness (QED) is 0.677. The van der Waals surface area contributed by atoms with Crippen LogP contribution in [0.3, 0.4) is 0 Å². The second-order valence-electron chi connectivity index (χ2n) is 4.43. The van der Waals surface area contributed by atoms with Gasteiger partial charge in [-0.05, 0) is 24.8 Å². The zero-order valence-electron chi connectivity index (χ0n) is 11.8. The van der Waals surface area contributed by atoms with E-state index < -0.39 is 10.0 Å². The van der Waals surface area contributed by atoms with Crippen molar-refractivity contribution in [2.24, 2.45) is 0 Å². The van der Waals surface area contributed by atoms with Crippen molar-refractivity contribution in [2.45, 2.75) is 18.6 Å². The van der Waals surface area contributed by atoms with E-state index in [1.54, 1.807) is 36.0 Å². The molecule has 7 heteroatoms. The van der Waals surface area contributed by atoms with Gasteiger partial charge < -0.3 is 10.5 Å². The van der Waals surface area contributed by atoms with E-state index in [0.29, 0.717) is 23.2 Å². The molecule has 0 aromatic heterocycles. The molecule has 0 aliphatic rings. The summed E-state index contributed by atoms with van der Waals surface area (Å²) < 4.78 is 31.4. The number of para-hydroxylation sites is 2. The summed E-state index contributed by atoms with van der Waals surface area (Å²) >= 11 is 1.72. The van der Waals surface area contributed by atoms with Crippen LogP contribution in [0, 0.1) is 0 Å². The molecule has 1 atom stereocenters. The summed E-state index contributed by atoms with van der Waals surface area (Å²) in [6.45, 7) is 2.61. The first-order valence-corrected chi connectivity index (χ1v) is 9.36. The van der Waals surface area contributed by atoms with E-state index in [9.17, 15) is 8.42 Å². The van der Waals surface area contributed by atoms with E-state index in [4.69, 9.17) is 10.5 Å². The molecule has 0 amide bonds. The third kappa shape index (κ3) is 6.49. The molecular formula is C13H22N2O3S2. The summed E-state index contributed by atoms with van der Waals surface area (Å²) in [5, 5.41) is 0.443. The Morgan fingerprint density at radius 1 is 1.40 bits per heavy atom. The normalized spacial score (nSPS) is 13.1. The van der Waals surface area contributed by atoms with Crippen LogP contribution >= 0.6 is 11.8 Å². The summed E-state index contributed by atoms with van der Waals surface area (Å²) in [7, 11) is -3.29. The van der Waals surface area contributed by atoms with Gasteiger partial charge in [0.1, 0.15) is 12.4 Å². The second-order valence-corrected chi connectivity index (χ2v) is 7.64. The number of hydrogen-bond donors (Lipinski definition) is 2. The van der Waals surface area contributed by atoms with Gasteiger partial charge >= 0.3 is 0 Å². The number of ether oxygens (including phenoxy) is 1. The van der Waals surface area contributed by atoms with Crippen LogP contribution in [-0.4, -0.2) is 38.8 Å². The number of nitrogen functional groups attached to an aromatic ring is 1. The van der Waals surface area contributed by atoms with E-state index in [1.807, 2.05) is 6.26 Å². The molecule has 0 saturated carbocycles. The fourth-order valence-electron chi connectivity index (χ4n) is 1.48. The summed E-state index contributed by atoms with van der Waals surface area (Å²) in [6.07, 6.45) is 2.82. The van der Waals surface area contributed by atoms with E-state index >= 15 is 0 Å². The standard InChI is InChI=1S/C13H22N2O3S2/c1-11(19-2)7-8-15-20(16,17)10-9-18-13-6-4-3-5-12(13)14/h3-6,11,15H,7-10,14H2,1-2H3. The Morgan fingerprint density at radius 2 is 2.10 bits per heavy atom. The smallest absolute Gasteiger partial charge is 0.214 e. The van der Waals surface area contributed by atoms with Crippen molar-refractivity contribution in [1.82, 2.24) is 4.72 Å². The predicted molar refractivity (Wildman–Crippen MR) is 85.7 cm³/mol. The average molecular weight is 318 g/mol. The fraction of sp³-hybridized carbons (Fsp3) is 0.538. The number of nitrogens with two attached hydrogens (primary N) is 1. The molecule has 1 rings (SSSR count). The molecule has 3 N–H and O–H groups in total. The number of anilines is 1. The van der Waals surface area contributed by atoms with E-state index in [0.717, 1.165) is 6.42 Å². The highest BCUT2D eigenvalue weighted by Gasteiger charge is 2.11. The molecule has 1 unspecified atom stereocenters. The number of nitrogens with one attached hydrogen (secondary N) is 1. The van der Waals surface area contributed by atoms with Crippen molar-refractivity contribution in [1.29, 1.82) is 0 Å². The lowest BCUT2D eigenvalue weighted by atomic mass is 10.3. The minimum absolute atomic E-state index is 0.0744. The molecule has 5 nitrogen and oxygen atoms in total. The molecule has 0 fully saturated rings. The first-order valence-electron chi connectivity index (χ1n) is 6.42. The Bertz CT molecular complexity index is 506. The summed E-state index contributed by atoms with van der Waals surface area (Å²) in [4.78, 5) is 0. The largest absolute Gasteiger partial charge is 0.490 e. The summed E-state index contributed by atoms with van der Waals surface area (Å²) in [5.74, 6) is 0.438. The number of benzene rings is 1. The highest BCUT2D eigenvalue weighted by atomic mass is 32.2. The van der Waals surface area contributed by atoms with Crippen molar-refractivity contribution in [3.63, 3.8) is 0 Å². The topological polar surface area (TPSA) is 81.4 Å². The first-order chi connectivity index (χ1) is 9.44. The van der Waals surface area contributed by atoms with Crippen LogP contribution in [-0.2, 0) is 10.0 Å². The van der Waals surface area contributed by atoms with Crippen molar-refractivity contribution < 1.29 is 13.2 Å². The Kier molecular flexibility index (Phi) is 7.18.